The Balaban J connectivity index is 1.85. The van der Waals surface area contributed by atoms with Gasteiger partial charge in [0.05, 0.1) is 27.0 Å². The van der Waals surface area contributed by atoms with Gasteiger partial charge < -0.3 is 19.5 Å². The highest BCUT2D eigenvalue weighted by atomic mass is 19.3. The molecule has 27 heavy (non-hydrogen) atoms. The molecule has 0 radical (unpaired) electrons. The van der Waals surface area contributed by atoms with E-state index in [1.54, 1.807) is 31.4 Å². The maximum absolute atomic E-state index is 12.3. The quantitative estimate of drug-likeness (QED) is 0.517. The molecule has 0 aliphatic rings. The summed E-state index contributed by atoms with van der Waals surface area (Å²) in [6.45, 7) is -2.93. The van der Waals surface area contributed by atoms with Gasteiger partial charge in [-0.1, -0.05) is 0 Å². The van der Waals surface area contributed by atoms with Crippen LogP contribution < -0.4 is 25.0 Å². The molecule has 2 aromatic carbocycles. The second-order valence-corrected chi connectivity index (χ2v) is 5.16. The highest BCUT2D eigenvalue weighted by Crippen LogP contribution is 2.28. The van der Waals surface area contributed by atoms with Crippen molar-refractivity contribution >= 4 is 17.8 Å². The van der Waals surface area contributed by atoms with Crippen LogP contribution >= 0.6 is 0 Å². The second-order valence-electron chi connectivity index (χ2n) is 5.16. The zero-order valence-corrected chi connectivity index (χ0v) is 14.7. The van der Waals surface area contributed by atoms with Crippen molar-refractivity contribution in [1.29, 1.82) is 0 Å². The summed E-state index contributed by atoms with van der Waals surface area (Å²) in [5.74, 6) is 0.408. The Morgan fingerprint density at radius 1 is 1.11 bits per heavy atom. The number of nitrogens with zero attached hydrogens (tertiary/aromatic N) is 1. The van der Waals surface area contributed by atoms with E-state index < -0.39 is 6.61 Å². The Morgan fingerprint density at radius 2 is 1.85 bits per heavy atom. The van der Waals surface area contributed by atoms with Crippen LogP contribution in [0.25, 0.3) is 0 Å². The number of hydrazone groups is 1. The molecule has 0 aromatic heterocycles. The summed E-state index contributed by atoms with van der Waals surface area (Å²) < 4.78 is 39.0. The lowest BCUT2D eigenvalue weighted by Crippen LogP contribution is -2.25. The van der Waals surface area contributed by atoms with Crippen molar-refractivity contribution in [3.8, 4) is 17.2 Å². The maximum Gasteiger partial charge on any atom is 0.387 e. The van der Waals surface area contributed by atoms with Gasteiger partial charge in [0, 0.05) is 5.69 Å². The largest absolute Gasteiger partial charge is 0.497 e. The van der Waals surface area contributed by atoms with Crippen LogP contribution in [0, 0.1) is 0 Å². The lowest BCUT2D eigenvalue weighted by Gasteiger charge is -2.10. The van der Waals surface area contributed by atoms with E-state index in [1.165, 1.54) is 31.5 Å². The number of hydrogen-bond acceptors (Lipinski definition) is 6. The highest BCUT2D eigenvalue weighted by molar-refractivity contribution is 5.84. The first-order valence-corrected chi connectivity index (χ1v) is 7.84. The SMILES string of the molecule is COc1ccc(NCC(=O)N/N=C\c2ccc(OC(F)F)c(OC)c2)cc1. The maximum atomic E-state index is 12.3. The molecule has 0 saturated carbocycles. The van der Waals surface area contributed by atoms with Gasteiger partial charge >= 0.3 is 6.61 Å². The van der Waals surface area contributed by atoms with Gasteiger partial charge in [-0.25, -0.2) is 5.43 Å². The van der Waals surface area contributed by atoms with Crippen LogP contribution in [0.2, 0.25) is 0 Å². The van der Waals surface area contributed by atoms with Crippen LogP contribution in [0.3, 0.4) is 0 Å². The molecule has 7 nitrogen and oxygen atoms in total. The number of nitrogens with one attached hydrogen (secondary N) is 2. The van der Waals surface area contributed by atoms with E-state index >= 15 is 0 Å². The first-order chi connectivity index (χ1) is 13.0. The van der Waals surface area contributed by atoms with Gasteiger partial charge in [0.2, 0.25) is 0 Å². The van der Waals surface area contributed by atoms with E-state index in [0.29, 0.717) is 5.56 Å². The third-order valence-corrected chi connectivity index (χ3v) is 3.35. The van der Waals surface area contributed by atoms with Crippen molar-refractivity contribution in [3.05, 3.63) is 48.0 Å². The van der Waals surface area contributed by atoms with Crippen molar-refractivity contribution in [2.45, 2.75) is 6.61 Å². The third kappa shape index (κ3) is 6.46. The van der Waals surface area contributed by atoms with Gasteiger partial charge in [0.15, 0.2) is 11.5 Å². The smallest absolute Gasteiger partial charge is 0.387 e. The summed E-state index contributed by atoms with van der Waals surface area (Å²) in [5, 5.41) is 6.76. The summed E-state index contributed by atoms with van der Waals surface area (Å²) in [6.07, 6.45) is 1.36. The fourth-order valence-electron chi connectivity index (χ4n) is 2.07. The molecule has 0 aliphatic carbocycles. The van der Waals surface area contributed by atoms with Gasteiger partial charge in [-0.3, -0.25) is 4.79 Å². The summed E-state index contributed by atoms with van der Waals surface area (Å²) >= 11 is 0. The molecule has 2 rings (SSSR count). The molecule has 0 spiro atoms. The number of ether oxygens (including phenoxy) is 3. The van der Waals surface area contributed by atoms with Crippen LogP contribution in [0.4, 0.5) is 14.5 Å². The average molecular weight is 379 g/mol. The molecule has 2 N–H and O–H groups in total. The number of hydrogen-bond donors (Lipinski definition) is 2. The fourth-order valence-corrected chi connectivity index (χ4v) is 2.07. The van der Waals surface area contributed by atoms with Crippen molar-refractivity contribution in [3.63, 3.8) is 0 Å². The van der Waals surface area contributed by atoms with Crippen molar-refractivity contribution in [1.82, 2.24) is 5.43 Å². The normalized spacial score (nSPS) is 10.7. The van der Waals surface area contributed by atoms with Crippen LogP contribution in [-0.2, 0) is 4.79 Å². The lowest BCUT2D eigenvalue weighted by molar-refractivity contribution is -0.119. The monoisotopic (exact) mass is 379 g/mol. The molecule has 0 aliphatic heterocycles. The molecule has 0 bridgehead atoms. The zero-order valence-electron chi connectivity index (χ0n) is 14.7. The molecule has 0 unspecified atom stereocenters. The number of amides is 1. The number of carbonyl (C=O) groups is 1. The first kappa shape index (κ1) is 20.0. The summed E-state index contributed by atoms with van der Waals surface area (Å²) in [7, 11) is 2.91. The van der Waals surface area contributed by atoms with E-state index in [0.717, 1.165) is 11.4 Å². The second kappa shape index (κ2) is 9.95. The van der Waals surface area contributed by atoms with E-state index in [9.17, 15) is 13.6 Å². The Bertz CT molecular complexity index is 783. The van der Waals surface area contributed by atoms with E-state index in [2.05, 4.69) is 20.6 Å². The predicted octanol–water partition coefficient (Wildman–Crippen LogP) is 2.87. The Hall–Kier alpha value is -3.36. The van der Waals surface area contributed by atoms with E-state index in [1.807, 2.05) is 0 Å². The van der Waals surface area contributed by atoms with Gasteiger partial charge in [0.1, 0.15) is 5.75 Å². The van der Waals surface area contributed by atoms with Gasteiger partial charge in [-0.05, 0) is 48.0 Å². The molecular formula is C18H19F2N3O4. The molecule has 1 amide bonds. The predicted molar refractivity (Wildman–Crippen MR) is 96.8 cm³/mol. The van der Waals surface area contributed by atoms with E-state index in [-0.39, 0.29) is 24.0 Å². The Labute approximate surface area is 154 Å². The van der Waals surface area contributed by atoms with Crippen LogP contribution in [0.5, 0.6) is 17.2 Å². The van der Waals surface area contributed by atoms with E-state index in [4.69, 9.17) is 9.47 Å². The number of methoxy groups -OCH3 is 2. The van der Waals surface area contributed by atoms with Crippen molar-refractivity contribution in [2.75, 3.05) is 26.1 Å². The van der Waals surface area contributed by atoms with Crippen LogP contribution in [0.15, 0.2) is 47.6 Å². The number of benzene rings is 2. The van der Waals surface area contributed by atoms with Gasteiger partial charge in [-0.2, -0.15) is 13.9 Å². The number of rotatable bonds is 9. The van der Waals surface area contributed by atoms with Crippen LogP contribution in [0.1, 0.15) is 5.56 Å². The number of alkyl halides is 2. The zero-order chi connectivity index (χ0) is 19.6. The molecule has 2 aromatic rings. The summed E-state index contributed by atoms with van der Waals surface area (Å²) in [6, 6.07) is 11.4. The van der Waals surface area contributed by atoms with Crippen molar-refractivity contribution < 1.29 is 27.8 Å². The Kier molecular flexibility index (Phi) is 7.36. The Morgan fingerprint density at radius 3 is 2.48 bits per heavy atom. The summed E-state index contributed by atoms with van der Waals surface area (Å²) in [5.41, 5.74) is 3.66. The fraction of sp³-hybridized carbons (Fsp3) is 0.222. The topological polar surface area (TPSA) is 81.2 Å². The summed E-state index contributed by atoms with van der Waals surface area (Å²) in [4.78, 5) is 11.8. The number of anilines is 1. The average Bonchev–Trinajstić information content (AvgIpc) is 2.67. The van der Waals surface area contributed by atoms with Crippen LogP contribution in [-0.4, -0.2) is 39.5 Å². The number of halogens is 2. The first-order valence-electron chi connectivity index (χ1n) is 7.84. The molecule has 9 heteroatoms. The minimum Gasteiger partial charge on any atom is -0.497 e. The van der Waals surface area contributed by atoms with Crippen molar-refractivity contribution in [2.24, 2.45) is 5.10 Å². The molecule has 0 saturated heterocycles. The molecule has 0 atom stereocenters. The minimum atomic E-state index is -2.95. The number of carbonyl (C=O) groups excluding carboxylic acids is 1. The molecular weight excluding hydrogens is 360 g/mol. The highest BCUT2D eigenvalue weighted by Gasteiger charge is 2.10. The lowest BCUT2D eigenvalue weighted by atomic mass is 10.2. The van der Waals surface area contributed by atoms with Gasteiger partial charge in [-0.15, -0.1) is 0 Å². The van der Waals surface area contributed by atoms with Gasteiger partial charge in [0.25, 0.3) is 5.91 Å². The molecule has 0 heterocycles. The minimum absolute atomic E-state index is 0.0220. The third-order valence-electron chi connectivity index (χ3n) is 3.35. The molecule has 144 valence electrons. The standard InChI is InChI=1S/C18H19F2N3O4/c1-25-14-6-4-13(5-7-14)21-11-17(24)23-22-10-12-3-8-15(27-18(19)20)16(9-12)26-2/h3-10,18,21H,11H2,1-2H3,(H,23,24)/b22-10-. The molecule has 0 fully saturated rings.